The SMILES string of the molecule is CN1CCC(CO)(Nc2ccccc2Cl)C1. The second-order valence-corrected chi connectivity index (χ2v) is 4.94. The minimum atomic E-state index is -0.250. The fourth-order valence-electron chi connectivity index (χ4n) is 2.20. The van der Waals surface area contributed by atoms with Crippen LogP contribution in [-0.4, -0.2) is 42.3 Å². The quantitative estimate of drug-likeness (QED) is 0.846. The fraction of sp³-hybridized carbons (Fsp3) is 0.500. The van der Waals surface area contributed by atoms with E-state index in [0.29, 0.717) is 5.02 Å². The molecule has 1 atom stereocenters. The molecule has 1 aliphatic heterocycles. The zero-order valence-corrected chi connectivity index (χ0v) is 10.2. The zero-order chi connectivity index (χ0) is 11.6. The summed E-state index contributed by atoms with van der Waals surface area (Å²) in [5.41, 5.74) is 0.647. The summed E-state index contributed by atoms with van der Waals surface area (Å²) < 4.78 is 0. The van der Waals surface area contributed by atoms with E-state index in [4.69, 9.17) is 11.6 Å². The first-order valence-electron chi connectivity index (χ1n) is 5.47. The van der Waals surface area contributed by atoms with Crippen LogP contribution in [0.2, 0.25) is 5.02 Å². The van der Waals surface area contributed by atoms with E-state index in [1.165, 1.54) is 0 Å². The number of rotatable bonds is 3. The Hall–Kier alpha value is -0.770. The minimum Gasteiger partial charge on any atom is -0.394 e. The number of aliphatic hydroxyl groups excluding tert-OH is 1. The molecule has 0 spiro atoms. The van der Waals surface area contributed by atoms with E-state index in [1.54, 1.807) is 0 Å². The molecule has 1 aliphatic rings. The third-order valence-corrected chi connectivity index (χ3v) is 3.45. The van der Waals surface area contributed by atoms with Gasteiger partial charge in [0.15, 0.2) is 0 Å². The lowest BCUT2D eigenvalue weighted by Gasteiger charge is -2.29. The maximum absolute atomic E-state index is 9.55. The Morgan fingerprint density at radius 2 is 2.25 bits per heavy atom. The lowest BCUT2D eigenvalue weighted by Crippen LogP contribution is -2.44. The van der Waals surface area contributed by atoms with Crippen molar-refractivity contribution in [2.24, 2.45) is 0 Å². The first-order valence-corrected chi connectivity index (χ1v) is 5.85. The number of halogens is 1. The summed E-state index contributed by atoms with van der Waals surface area (Å²) in [6.07, 6.45) is 0.936. The van der Waals surface area contributed by atoms with Gasteiger partial charge in [-0.05, 0) is 25.6 Å². The Balaban J connectivity index is 2.16. The fourth-order valence-corrected chi connectivity index (χ4v) is 2.38. The molecular formula is C12H17ClN2O. The lowest BCUT2D eigenvalue weighted by molar-refractivity contribution is 0.212. The Bertz CT molecular complexity index is 372. The van der Waals surface area contributed by atoms with Gasteiger partial charge < -0.3 is 15.3 Å². The largest absolute Gasteiger partial charge is 0.394 e. The smallest absolute Gasteiger partial charge is 0.0742 e. The predicted octanol–water partition coefficient (Wildman–Crippen LogP) is 1.82. The Kier molecular flexibility index (Phi) is 3.38. The van der Waals surface area contributed by atoms with Crippen LogP contribution in [0.3, 0.4) is 0 Å². The summed E-state index contributed by atoms with van der Waals surface area (Å²) in [7, 11) is 2.06. The summed E-state index contributed by atoms with van der Waals surface area (Å²) in [5, 5.41) is 13.6. The number of nitrogens with zero attached hydrogens (tertiary/aromatic N) is 1. The van der Waals surface area contributed by atoms with E-state index in [-0.39, 0.29) is 12.1 Å². The van der Waals surface area contributed by atoms with Crippen molar-refractivity contribution in [1.29, 1.82) is 0 Å². The normalized spacial score (nSPS) is 25.9. The number of hydrogen-bond acceptors (Lipinski definition) is 3. The summed E-state index contributed by atoms with van der Waals surface area (Å²) in [6.45, 7) is 1.97. The van der Waals surface area contributed by atoms with E-state index >= 15 is 0 Å². The molecule has 0 bridgehead atoms. The monoisotopic (exact) mass is 240 g/mol. The van der Waals surface area contributed by atoms with Crippen LogP contribution in [0, 0.1) is 0 Å². The molecule has 88 valence electrons. The molecule has 1 heterocycles. The first kappa shape index (κ1) is 11.7. The van der Waals surface area contributed by atoms with Crippen LogP contribution in [0.1, 0.15) is 6.42 Å². The highest BCUT2D eigenvalue weighted by Gasteiger charge is 2.36. The van der Waals surface area contributed by atoms with Gasteiger partial charge in [-0.25, -0.2) is 0 Å². The molecule has 0 saturated carbocycles. The molecule has 16 heavy (non-hydrogen) atoms. The molecule has 1 saturated heterocycles. The highest BCUT2D eigenvalue weighted by molar-refractivity contribution is 6.33. The predicted molar refractivity (Wildman–Crippen MR) is 67.0 cm³/mol. The van der Waals surface area contributed by atoms with Gasteiger partial charge in [-0.3, -0.25) is 0 Å². The molecule has 1 unspecified atom stereocenters. The molecule has 0 radical (unpaired) electrons. The third kappa shape index (κ3) is 2.32. The number of para-hydroxylation sites is 1. The van der Waals surface area contributed by atoms with Crippen LogP contribution >= 0.6 is 11.6 Å². The second kappa shape index (κ2) is 4.62. The first-order chi connectivity index (χ1) is 7.65. The Morgan fingerprint density at radius 3 is 2.81 bits per heavy atom. The van der Waals surface area contributed by atoms with Gasteiger partial charge in [0.1, 0.15) is 0 Å². The zero-order valence-electron chi connectivity index (χ0n) is 9.41. The minimum absolute atomic E-state index is 0.128. The molecule has 4 heteroatoms. The molecule has 3 nitrogen and oxygen atoms in total. The highest BCUT2D eigenvalue weighted by atomic mass is 35.5. The molecule has 1 fully saturated rings. The van der Waals surface area contributed by atoms with Crippen LogP contribution in [-0.2, 0) is 0 Å². The van der Waals surface area contributed by atoms with Gasteiger partial charge in [-0.2, -0.15) is 0 Å². The van der Waals surface area contributed by atoms with E-state index in [1.807, 2.05) is 24.3 Å². The van der Waals surface area contributed by atoms with Crippen LogP contribution in [0.25, 0.3) is 0 Å². The standard InChI is InChI=1S/C12H17ClN2O/c1-15-7-6-12(8-15,9-16)14-11-5-3-2-4-10(11)13/h2-5,14,16H,6-9H2,1H3. The Morgan fingerprint density at radius 1 is 1.50 bits per heavy atom. The maximum Gasteiger partial charge on any atom is 0.0742 e. The number of hydrogen-bond donors (Lipinski definition) is 2. The third-order valence-electron chi connectivity index (χ3n) is 3.12. The van der Waals surface area contributed by atoms with Crippen molar-refractivity contribution < 1.29 is 5.11 Å². The summed E-state index contributed by atoms with van der Waals surface area (Å²) in [6, 6.07) is 7.64. The summed E-state index contributed by atoms with van der Waals surface area (Å²) in [4.78, 5) is 2.21. The van der Waals surface area contributed by atoms with Gasteiger partial charge in [0, 0.05) is 13.1 Å². The van der Waals surface area contributed by atoms with E-state index < -0.39 is 0 Å². The van der Waals surface area contributed by atoms with Gasteiger partial charge in [-0.1, -0.05) is 23.7 Å². The van der Waals surface area contributed by atoms with Crippen molar-refractivity contribution in [1.82, 2.24) is 4.90 Å². The van der Waals surface area contributed by atoms with Gasteiger partial charge in [-0.15, -0.1) is 0 Å². The number of anilines is 1. The lowest BCUT2D eigenvalue weighted by atomic mass is 9.99. The van der Waals surface area contributed by atoms with Gasteiger partial charge in [0.25, 0.3) is 0 Å². The maximum atomic E-state index is 9.55. The van der Waals surface area contributed by atoms with Crippen molar-refractivity contribution in [3.63, 3.8) is 0 Å². The van der Waals surface area contributed by atoms with Gasteiger partial charge >= 0.3 is 0 Å². The highest BCUT2D eigenvalue weighted by Crippen LogP contribution is 2.29. The molecule has 2 rings (SSSR count). The van der Waals surface area contributed by atoms with Crippen molar-refractivity contribution in [2.75, 3.05) is 32.1 Å². The number of benzene rings is 1. The van der Waals surface area contributed by atoms with Gasteiger partial charge in [0.2, 0.25) is 0 Å². The average Bonchev–Trinajstić information content (AvgIpc) is 2.65. The molecule has 0 amide bonds. The van der Waals surface area contributed by atoms with Crippen molar-refractivity contribution in [3.05, 3.63) is 29.3 Å². The number of nitrogens with one attached hydrogen (secondary N) is 1. The van der Waals surface area contributed by atoms with Crippen LogP contribution < -0.4 is 5.32 Å². The molecule has 2 N–H and O–H groups in total. The van der Waals surface area contributed by atoms with E-state index in [9.17, 15) is 5.11 Å². The summed E-state index contributed by atoms with van der Waals surface area (Å²) >= 11 is 6.10. The van der Waals surface area contributed by atoms with Crippen LogP contribution in [0.4, 0.5) is 5.69 Å². The number of aliphatic hydroxyl groups is 1. The van der Waals surface area contributed by atoms with Crippen molar-refractivity contribution in [2.45, 2.75) is 12.0 Å². The molecule has 0 aliphatic carbocycles. The molecular weight excluding hydrogens is 224 g/mol. The van der Waals surface area contributed by atoms with Crippen LogP contribution in [0.15, 0.2) is 24.3 Å². The van der Waals surface area contributed by atoms with Crippen molar-refractivity contribution >= 4 is 17.3 Å². The molecule has 1 aromatic rings. The average molecular weight is 241 g/mol. The number of likely N-dealkylation sites (tertiary alicyclic amines) is 1. The van der Waals surface area contributed by atoms with Gasteiger partial charge in [0.05, 0.1) is 22.9 Å². The van der Waals surface area contributed by atoms with E-state index in [0.717, 1.165) is 25.2 Å². The second-order valence-electron chi connectivity index (χ2n) is 4.53. The molecule has 0 aromatic heterocycles. The molecule has 1 aromatic carbocycles. The topological polar surface area (TPSA) is 35.5 Å². The van der Waals surface area contributed by atoms with Crippen molar-refractivity contribution in [3.8, 4) is 0 Å². The van der Waals surface area contributed by atoms with Crippen LogP contribution in [0.5, 0.6) is 0 Å². The van der Waals surface area contributed by atoms with E-state index in [2.05, 4.69) is 17.3 Å². The Labute approximate surface area is 101 Å². The summed E-state index contributed by atoms with van der Waals surface area (Å²) in [5.74, 6) is 0. The number of likely N-dealkylation sites (N-methyl/N-ethyl adjacent to an activating group) is 1.